The largest absolute Gasteiger partial charge is 0.277 e. The highest BCUT2D eigenvalue weighted by Crippen LogP contribution is 2.60. The van der Waals surface area contributed by atoms with Crippen molar-refractivity contribution >= 4 is 11.8 Å². The van der Waals surface area contributed by atoms with E-state index >= 15 is 0 Å². The molecule has 6 rings (SSSR count). The summed E-state index contributed by atoms with van der Waals surface area (Å²) in [5.41, 5.74) is 2.31. The van der Waals surface area contributed by atoms with E-state index in [0.717, 1.165) is 16.7 Å². The molecule has 134 valence electrons. The number of hydrogen-bond acceptors (Lipinski definition) is 2. The van der Waals surface area contributed by atoms with Crippen LogP contribution in [0.3, 0.4) is 0 Å². The number of imide groups is 1. The van der Waals surface area contributed by atoms with Crippen LogP contribution in [-0.2, 0) is 16.1 Å². The summed E-state index contributed by atoms with van der Waals surface area (Å²) < 4.78 is 0. The third kappa shape index (κ3) is 2.14. The minimum Gasteiger partial charge on any atom is -0.277 e. The van der Waals surface area contributed by atoms with Crippen molar-refractivity contribution in [2.75, 3.05) is 0 Å². The molecule has 2 aromatic carbocycles. The van der Waals surface area contributed by atoms with E-state index in [1.54, 1.807) is 0 Å². The van der Waals surface area contributed by atoms with Crippen LogP contribution < -0.4 is 0 Å². The molecule has 27 heavy (non-hydrogen) atoms. The van der Waals surface area contributed by atoms with Gasteiger partial charge in [0.2, 0.25) is 11.8 Å². The summed E-state index contributed by atoms with van der Waals surface area (Å²) in [6.45, 7) is 2.34. The first-order valence-corrected chi connectivity index (χ1v) is 9.46. The summed E-state index contributed by atoms with van der Waals surface area (Å²) in [5, 5.41) is 0. The SMILES string of the molecule is CC1=C[C@@H]2C=C[C@]13C(=O)N(Cc1ccccc1)C(=O)[C@H]3[C@@H]2c1ccccc1. The van der Waals surface area contributed by atoms with Crippen molar-refractivity contribution in [3.8, 4) is 0 Å². The lowest BCUT2D eigenvalue weighted by Gasteiger charge is -2.45. The van der Waals surface area contributed by atoms with E-state index in [-0.39, 0.29) is 29.6 Å². The molecule has 0 unspecified atom stereocenters. The minimum absolute atomic E-state index is 0.0112. The van der Waals surface area contributed by atoms with E-state index in [1.807, 2.05) is 61.5 Å². The smallest absolute Gasteiger partial charge is 0.244 e. The second-order valence-corrected chi connectivity index (χ2v) is 7.78. The minimum atomic E-state index is -0.818. The standard InChI is InChI=1S/C24H21NO2/c1-16-14-19-12-13-24(16)21(20(19)18-10-6-3-7-11-18)22(26)25(23(24)27)15-17-8-4-2-5-9-17/h2-14,19-21H,15H2,1H3/t19-,20+,21+,24-/m0/s1. The lowest BCUT2D eigenvalue weighted by Crippen LogP contribution is -2.45. The maximum absolute atomic E-state index is 13.5. The molecule has 2 aromatic rings. The quantitative estimate of drug-likeness (QED) is 0.614. The molecule has 4 aliphatic rings. The molecule has 1 heterocycles. The van der Waals surface area contributed by atoms with Gasteiger partial charge in [-0.2, -0.15) is 0 Å². The van der Waals surface area contributed by atoms with Gasteiger partial charge in [0.25, 0.3) is 0 Å². The van der Waals surface area contributed by atoms with Crippen molar-refractivity contribution in [3.05, 3.63) is 95.6 Å². The monoisotopic (exact) mass is 355 g/mol. The van der Waals surface area contributed by atoms with Crippen LogP contribution in [0.2, 0.25) is 0 Å². The number of allylic oxidation sites excluding steroid dienone is 2. The third-order valence-corrected chi connectivity index (χ3v) is 6.44. The third-order valence-electron chi connectivity index (χ3n) is 6.44. The molecule has 0 saturated carbocycles. The summed E-state index contributed by atoms with van der Waals surface area (Å²) in [6.07, 6.45) is 6.31. The van der Waals surface area contributed by atoms with Gasteiger partial charge >= 0.3 is 0 Å². The Hall–Kier alpha value is -2.94. The molecule has 1 fully saturated rings. The molecule has 0 aromatic heterocycles. The van der Waals surface area contributed by atoms with E-state index in [9.17, 15) is 9.59 Å². The Morgan fingerprint density at radius 2 is 1.63 bits per heavy atom. The second-order valence-electron chi connectivity index (χ2n) is 7.78. The Morgan fingerprint density at radius 1 is 0.963 bits per heavy atom. The molecule has 2 bridgehead atoms. The summed E-state index contributed by atoms with van der Waals surface area (Å²) in [4.78, 5) is 28.5. The van der Waals surface area contributed by atoms with E-state index in [0.29, 0.717) is 6.54 Å². The maximum Gasteiger partial charge on any atom is 0.244 e. The average molecular weight is 355 g/mol. The molecule has 0 radical (unpaired) electrons. The Kier molecular flexibility index (Phi) is 3.48. The molecule has 1 spiro atoms. The Balaban J connectivity index is 1.61. The number of benzene rings is 2. The summed E-state index contributed by atoms with van der Waals surface area (Å²) >= 11 is 0. The number of likely N-dealkylation sites (tertiary alicyclic amines) is 1. The molecule has 3 heteroatoms. The second kappa shape index (κ2) is 5.78. The van der Waals surface area contributed by atoms with Crippen LogP contribution in [0.4, 0.5) is 0 Å². The van der Waals surface area contributed by atoms with Crippen molar-refractivity contribution in [1.82, 2.24) is 4.90 Å². The molecular formula is C24H21NO2. The number of amides is 2. The van der Waals surface area contributed by atoms with Gasteiger partial charge in [0.15, 0.2) is 0 Å². The van der Waals surface area contributed by atoms with E-state index in [2.05, 4.69) is 24.3 Å². The first kappa shape index (κ1) is 16.2. The Bertz CT molecular complexity index is 976. The number of hydrogen-bond donors (Lipinski definition) is 0. The number of carbonyl (C=O) groups excluding carboxylic acids is 2. The van der Waals surface area contributed by atoms with Gasteiger partial charge in [-0.3, -0.25) is 14.5 Å². The Labute approximate surface area is 159 Å². The maximum atomic E-state index is 13.5. The highest BCUT2D eigenvalue weighted by Gasteiger charge is 2.65. The van der Waals surface area contributed by atoms with Gasteiger partial charge in [-0.25, -0.2) is 0 Å². The fraction of sp³-hybridized carbons (Fsp3) is 0.250. The number of nitrogens with zero attached hydrogens (tertiary/aromatic N) is 1. The van der Waals surface area contributed by atoms with Crippen LogP contribution in [0.15, 0.2) is 84.5 Å². The summed E-state index contributed by atoms with van der Waals surface area (Å²) in [6, 6.07) is 19.9. The van der Waals surface area contributed by atoms with Crippen molar-refractivity contribution < 1.29 is 9.59 Å². The predicted octanol–water partition coefficient (Wildman–Crippen LogP) is 4.09. The van der Waals surface area contributed by atoms with E-state index in [4.69, 9.17) is 0 Å². The van der Waals surface area contributed by atoms with Crippen LogP contribution in [0.5, 0.6) is 0 Å². The topological polar surface area (TPSA) is 37.4 Å². The van der Waals surface area contributed by atoms with Crippen LogP contribution in [0.1, 0.15) is 24.0 Å². The predicted molar refractivity (Wildman–Crippen MR) is 103 cm³/mol. The first-order chi connectivity index (χ1) is 13.1. The van der Waals surface area contributed by atoms with Crippen LogP contribution in [0, 0.1) is 17.3 Å². The van der Waals surface area contributed by atoms with Crippen LogP contribution >= 0.6 is 0 Å². The van der Waals surface area contributed by atoms with Gasteiger partial charge in [-0.05, 0) is 18.1 Å². The van der Waals surface area contributed by atoms with Crippen molar-refractivity contribution in [2.24, 2.45) is 17.3 Å². The lowest BCUT2D eigenvalue weighted by atomic mass is 9.54. The fourth-order valence-electron chi connectivity index (χ4n) is 5.17. The number of carbonyl (C=O) groups is 2. The molecule has 2 amide bonds. The zero-order valence-electron chi connectivity index (χ0n) is 15.2. The first-order valence-electron chi connectivity index (χ1n) is 9.46. The van der Waals surface area contributed by atoms with Gasteiger partial charge in [-0.1, -0.05) is 84.5 Å². The molecule has 3 aliphatic carbocycles. The van der Waals surface area contributed by atoms with Crippen LogP contribution in [0.25, 0.3) is 0 Å². The van der Waals surface area contributed by atoms with Crippen molar-refractivity contribution in [2.45, 2.75) is 19.4 Å². The number of rotatable bonds is 3. The highest BCUT2D eigenvalue weighted by atomic mass is 16.2. The van der Waals surface area contributed by atoms with Crippen molar-refractivity contribution in [3.63, 3.8) is 0 Å². The molecule has 0 N–H and O–H groups in total. The van der Waals surface area contributed by atoms with Gasteiger partial charge in [-0.15, -0.1) is 0 Å². The van der Waals surface area contributed by atoms with Gasteiger partial charge in [0.1, 0.15) is 5.41 Å². The molecule has 1 saturated heterocycles. The Morgan fingerprint density at radius 3 is 2.30 bits per heavy atom. The van der Waals surface area contributed by atoms with E-state index < -0.39 is 5.41 Å². The normalized spacial score (nSPS) is 31.2. The van der Waals surface area contributed by atoms with Gasteiger partial charge in [0.05, 0.1) is 12.5 Å². The molecule has 1 aliphatic heterocycles. The zero-order valence-corrected chi connectivity index (χ0v) is 15.2. The lowest BCUT2D eigenvalue weighted by molar-refractivity contribution is -0.141. The van der Waals surface area contributed by atoms with E-state index in [1.165, 1.54) is 4.90 Å². The molecule has 4 atom stereocenters. The summed E-state index contributed by atoms with van der Waals surface area (Å²) in [5.74, 6) is -0.300. The van der Waals surface area contributed by atoms with Crippen LogP contribution in [-0.4, -0.2) is 16.7 Å². The fourth-order valence-corrected chi connectivity index (χ4v) is 5.17. The van der Waals surface area contributed by atoms with Gasteiger partial charge in [0, 0.05) is 11.8 Å². The zero-order chi connectivity index (χ0) is 18.6. The highest BCUT2D eigenvalue weighted by molar-refractivity contribution is 6.11. The van der Waals surface area contributed by atoms with Crippen molar-refractivity contribution in [1.29, 1.82) is 0 Å². The van der Waals surface area contributed by atoms with Gasteiger partial charge < -0.3 is 0 Å². The molecule has 3 nitrogen and oxygen atoms in total. The summed E-state index contributed by atoms with van der Waals surface area (Å²) in [7, 11) is 0. The molecular weight excluding hydrogens is 334 g/mol. The average Bonchev–Trinajstić information content (AvgIpc) is 2.92.